The van der Waals surface area contributed by atoms with E-state index >= 15 is 0 Å². The molecule has 3 saturated heterocycles. The van der Waals surface area contributed by atoms with Crippen molar-refractivity contribution < 1.29 is 9.53 Å². The number of nitrogens with one attached hydrogen (secondary N) is 2. The number of aromatic nitrogens is 2. The molecule has 4 heterocycles. The average Bonchev–Trinajstić information content (AvgIpc) is 3.57. The average molecular weight is 564 g/mol. The maximum atomic E-state index is 12.8. The summed E-state index contributed by atoms with van der Waals surface area (Å²) in [5.74, 6) is 3.82. The Balaban J connectivity index is 0.920. The normalized spacial score (nSPS) is 27.2. The number of nitriles is 1. The number of likely N-dealkylation sites (tertiary alicyclic amines) is 1. The Kier molecular flexibility index (Phi) is 8.38. The first kappa shape index (κ1) is 27.3. The monoisotopic (exact) mass is 563 g/mol. The number of carbonyl (C=O) groups is 1. The summed E-state index contributed by atoms with van der Waals surface area (Å²) < 4.78 is 6.06. The molecule has 212 valence electrons. The van der Waals surface area contributed by atoms with E-state index in [9.17, 15) is 4.79 Å². The molecule has 6 rings (SSSR count). The van der Waals surface area contributed by atoms with Crippen LogP contribution in [0.3, 0.4) is 0 Å². The standard InChI is InChI=1S/C30H38ClN7O2/c31-27-13-26(4-1-21(27)14-32)40-25-5-2-24(3-6-25)34-30(39)28-7-8-29(36-35-28)38-11-9-20(10-12-38)17-37-18-22-15-33-16-23(22)19-37/h1,4,7-8,13,20,22-25,33H,2-3,5-6,9-12,15-19H2,(H,34,39)/t22?,23?,24-,25-. The number of amides is 1. The Bertz CT molecular complexity index is 1210. The van der Waals surface area contributed by atoms with Gasteiger partial charge in [0.05, 0.1) is 16.7 Å². The quantitative estimate of drug-likeness (QED) is 0.527. The zero-order chi connectivity index (χ0) is 27.5. The van der Waals surface area contributed by atoms with Crippen LogP contribution >= 0.6 is 11.6 Å². The van der Waals surface area contributed by atoms with E-state index in [-0.39, 0.29) is 18.1 Å². The molecule has 1 aromatic carbocycles. The molecule has 0 radical (unpaired) electrons. The molecule has 1 saturated carbocycles. The summed E-state index contributed by atoms with van der Waals surface area (Å²) in [5, 5.41) is 24.8. The van der Waals surface area contributed by atoms with Gasteiger partial charge in [0.1, 0.15) is 11.8 Å². The van der Waals surface area contributed by atoms with Crippen LogP contribution in [-0.2, 0) is 0 Å². The van der Waals surface area contributed by atoms with Crippen molar-refractivity contribution in [2.24, 2.45) is 17.8 Å². The van der Waals surface area contributed by atoms with Crippen LogP contribution in [0.5, 0.6) is 5.75 Å². The predicted octanol–water partition coefficient (Wildman–Crippen LogP) is 3.49. The van der Waals surface area contributed by atoms with Crippen molar-refractivity contribution in [3.8, 4) is 11.8 Å². The van der Waals surface area contributed by atoms with Crippen molar-refractivity contribution >= 4 is 23.3 Å². The third-order valence-corrected chi connectivity index (χ3v) is 9.49. The van der Waals surface area contributed by atoms with Gasteiger partial charge in [0.25, 0.3) is 5.91 Å². The fourth-order valence-electron chi connectivity index (χ4n) is 6.86. The second kappa shape index (κ2) is 12.3. The molecule has 10 heteroatoms. The van der Waals surface area contributed by atoms with Gasteiger partial charge in [0.2, 0.25) is 0 Å². The van der Waals surface area contributed by atoms with Crippen LogP contribution in [0, 0.1) is 29.1 Å². The zero-order valence-corrected chi connectivity index (χ0v) is 23.7. The molecule has 2 unspecified atom stereocenters. The zero-order valence-electron chi connectivity index (χ0n) is 22.9. The Morgan fingerprint density at radius 1 is 1.05 bits per heavy atom. The van der Waals surface area contributed by atoms with Crippen LogP contribution in [-0.4, -0.2) is 79.0 Å². The Hall–Kier alpha value is -2.93. The molecule has 40 heavy (non-hydrogen) atoms. The van der Waals surface area contributed by atoms with Crippen LogP contribution in [0.25, 0.3) is 0 Å². The van der Waals surface area contributed by atoms with Crippen molar-refractivity contribution in [1.82, 2.24) is 25.7 Å². The van der Waals surface area contributed by atoms with Crippen molar-refractivity contribution in [2.45, 2.75) is 50.7 Å². The summed E-state index contributed by atoms with van der Waals surface area (Å²) in [4.78, 5) is 17.8. The molecular formula is C30H38ClN7O2. The van der Waals surface area contributed by atoms with Crippen molar-refractivity contribution in [1.29, 1.82) is 5.26 Å². The highest BCUT2D eigenvalue weighted by Crippen LogP contribution is 2.30. The van der Waals surface area contributed by atoms with Crippen LogP contribution in [0.1, 0.15) is 54.6 Å². The number of ether oxygens (including phenoxy) is 1. The Labute approximate surface area is 241 Å². The SMILES string of the molecule is N#Cc1ccc(O[C@H]2CC[C@H](NC(=O)c3ccc(N4CCC(CN5CC6CNCC6C5)CC4)nn3)CC2)cc1Cl. The molecule has 2 atom stereocenters. The molecule has 0 spiro atoms. The van der Waals surface area contributed by atoms with Gasteiger partial charge in [-0.2, -0.15) is 5.26 Å². The number of carbonyl (C=O) groups excluding carboxylic acids is 1. The van der Waals surface area contributed by atoms with Crippen LogP contribution in [0.4, 0.5) is 5.82 Å². The van der Waals surface area contributed by atoms with Gasteiger partial charge in [-0.3, -0.25) is 4.79 Å². The van der Waals surface area contributed by atoms with Gasteiger partial charge in [-0.1, -0.05) is 11.6 Å². The van der Waals surface area contributed by atoms with Crippen LogP contribution in [0.2, 0.25) is 5.02 Å². The van der Waals surface area contributed by atoms with E-state index in [0.29, 0.717) is 22.0 Å². The fourth-order valence-corrected chi connectivity index (χ4v) is 7.08. The van der Waals surface area contributed by atoms with Gasteiger partial charge in [-0.05, 0) is 93.6 Å². The number of anilines is 1. The highest BCUT2D eigenvalue weighted by molar-refractivity contribution is 6.31. The molecule has 2 aromatic rings. The number of fused-ring (bicyclic) bond motifs is 1. The molecule has 9 nitrogen and oxygen atoms in total. The number of hydrogen-bond donors (Lipinski definition) is 2. The molecule has 2 N–H and O–H groups in total. The first-order valence-electron chi connectivity index (χ1n) is 14.7. The topological polar surface area (TPSA) is 106 Å². The summed E-state index contributed by atoms with van der Waals surface area (Å²) in [7, 11) is 0. The number of piperidine rings is 1. The second-order valence-corrected chi connectivity index (χ2v) is 12.3. The lowest BCUT2D eigenvalue weighted by Gasteiger charge is -2.34. The minimum atomic E-state index is -0.174. The Morgan fingerprint density at radius 2 is 1.80 bits per heavy atom. The van der Waals surface area contributed by atoms with Gasteiger partial charge < -0.3 is 25.2 Å². The van der Waals surface area contributed by atoms with Gasteiger partial charge in [-0.15, -0.1) is 10.2 Å². The van der Waals surface area contributed by atoms with E-state index in [4.69, 9.17) is 21.6 Å². The highest BCUT2D eigenvalue weighted by atomic mass is 35.5. The molecule has 1 aliphatic carbocycles. The summed E-state index contributed by atoms with van der Waals surface area (Å²) in [6.07, 6.45) is 5.75. The first-order chi connectivity index (χ1) is 19.5. The third-order valence-electron chi connectivity index (χ3n) is 9.18. The molecule has 4 aliphatic rings. The van der Waals surface area contributed by atoms with E-state index < -0.39 is 0 Å². The maximum Gasteiger partial charge on any atom is 0.272 e. The van der Waals surface area contributed by atoms with Crippen molar-refractivity contribution in [3.63, 3.8) is 0 Å². The smallest absolute Gasteiger partial charge is 0.272 e. The number of rotatable bonds is 7. The summed E-state index contributed by atoms with van der Waals surface area (Å²) in [6, 6.07) is 11.0. The van der Waals surface area contributed by atoms with Crippen molar-refractivity contribution in [2.75, 3.05) is 50.7 Å². The lowest BCUT2D eigenvalue weighted by atomic mass is 9.93. The van der Waals surface area contributed by atoms with E-state index in [2.05, 4.69) is 36.7 Å². The molecule has 3 aliphatic heterocycles. The van der Waals surface area contributed by atoms with Crippen LogP contribution in [0.15, 0.2) is 30.3 Å². The van der Waals surface area contributed by atoms with E-state index in [1.54, 1.807) is 24.3 Å². The van der Waals surface area contributed by atoms with E-state index in [1.807, 2.05) is 6.07 Å². The predicted molar refractivity (Wildman–Crippen MR) is 154 cm³/mol. The molecule has 1 aromatic heterocycles. The summed E-state index contributed by atoms with van der Waals surface area (Å²) in [5.41, 5.74) is 0.798. The number of hydrogen-bond acceptors (Lipinski definition) is 8. The van der Waals surface area contributed by atoms with Crippen LogP contribution < -0.4 is 20.3 Å². The maximum absolute atomic E-state index is 12.8. The number of benzene rings is 1. The fraction of sp³-hybridized carbons (Fsp3) is 0.600. The van der Waals surface area contributed by atoms with E-state index in [1.165, 1.54) is 45.6 Å². The number of halogens is 1. The summed E-state index contributed by atoms with van der Waals surface area (Å²) in [6.45, 7) is 8.12. The lowest BCUT2D eigenvalue weighted by molar-refractivity contribution is 0.0888. The largest absolute Gasteiger partial charge is 0.490 e. The molecule has 0 bridgehead atoms. The lowest BCUT2D eigenvalue weighted by Crippen LogP contribution is -2.40. The third kappa shape index (κ3) is 6.35. The minimum Gasteiger partial charge on any atom is -0.490 e. The molecular weight excluding hydrogens is 526 g/mol. The van der Waals surface area contributed by atoms with Gasteiger partial charge in [0.15, 0.2) is 11.5 Å². The summed E-state index contributed by atoms with van der Waals surface area (Å²) >= 11 is 6.12. The van der Waals surface area contributed by atoms with E-state index in [0.717, 1.165) is 62.3 Å². The minimum absolute atomic E-state index is 0.0627. The second-order valence-electron chi connectivity index (χ2n) is 11.9. The van der Waals surface area contributed by atoms with Gasteiger partial charge in [-0.25, -0.2) is 0 Å². The van der Waals surface area contributed by atoms with Gasteiger partial charge >= 0.3 is 0 Å². The van der Waals surface area contributed by atoms with Gasteiger partial charge in [0, 0.05) is 44.8 Å². The molecule has 1 amide bonds. The Morgan fingerprint density at radius 3 is 2.45 bits per heavy atom. The van der Waals surface area contributed by atoms with Crippen molar-refractivity contribution in [3.05, 3.63) is 46.6 Å². The number of nitrogens with zero attached hydrogens (tertiary/aromatic N) is 5. The molecule has 4 fully saturated rings. The highest BCUT2D eigenvalue weighted by Gasteiger charge is 2.37. The first-order valence-corrected chi connectivity index (χ1v) is 15.1.